The molecule has 0 bridgehead atoms. The van der Waals surface area contributed by atoms with Crippen LogP contribution in [0.15, 0.2) is 21.1 Å². The highest BCUT2D eigenvalue weighted by Crippen LogP contribution is 2.39. The average molecular weight is 397 g/mol. The van der Waals surface area contributed by atoms with Gasteiger partial charge in [0.15, 0.2) is 0 Å². The number of alkyl halides is 4. The molecule has 78 valence electrons. The van der Waals surface area contributed by atoms with E-state index in [-0.39, 0.29) is 10.9 Å². The van der Waals surface area contributed by atoms with Gasteiger partial charge in [0.2, 0.25) is 0 Å². The monoisotopic (exact) mass is 394 g/mol. The summed E-state index contributed by atoms with van der Waals surface area (Å²) in [6.07, 6.45) is -4.31. The van der Waals surface area contributed by atoms with Crippen molar-refractivity contribution in [3.8, 4) is 0 Å². The fraction of sp³-hybridized carbons (Fsp3) is 0.250. The maximum Gasteiger partial charge on any atom is 0.416 e. The lowest BCUT2D eigenvalue weighted by atomic mass is 10.1. The topological polar surface area (TPSA) is 0 Å². The van der Waals surface area contributed by atoms with Crippen molar-refractivity contribution in [3.63, 3.8) is 0 Å². The van der Waals surface area contributed by atoms with E-state index in [4.69, 9.17) is 0 Å². The van der Waals surface area contributed by atoms with E-state index in [1.54, 1.807) is 0 Å². The lowest BCUT2D eigenvalue weighted by Crippen LogP contribution is -2.08. The zero-order chi connectivity index (χ0) is 10.9. The summed E-state index contributed by atoms with van der Waals surface area (Å²) in [4.78, 5) is 0. The van der Waals surface area contributed by atoms with Crippen molar-refractivity contribution in [1.29, 1.82) is 0 Å². The first-order chi connectivity index (χ1) is 6.38. The minimum atomic E-state index is -4.31. The Bertz CT molecular complexity index is 346. The van der Waals surface area contributed by atoms with Gasteiger partial charge in [-0.1, -0.05) is 15.9 Å². The largest absolute Gasteiger partial charge is 0.416 e. The molecule has 14 heavy (non-hydrogen) atoms. The van der Waals surface area contributed by atoms with Gasteiger partial charge in [-0.05, 0) is 49.6 Å². The molecule has 0 atom stereocenters. The van der Waals surface area contributed by atoms with E-state index < -0.39 is 11.7 Å². The summed E-state index contributed by atoms with van der Waals surface area (Å²) in [7, 11) is 0. The Labute approximate surface area is 104 Å². The van der Waals surface area contributed by atoms with Crippen LogP contribution in [-0.4, -0.2) is 0 Å². The van der Waals surface area contributed by atoms with E-state index in [1.807, 2.05) is 0 Å². The molecule has 0 N–H and O–H groups in total. The van der Waals surface area contributed by atoms with Crippen LogP contribution in [0.2, 0.25) is 0 Å². The van der Waals surface area contributed by atoms with Crippen LogP contribution in [0, 0.1) is 0 Å². The van der Waals surface area contributed by atoms with Crippen molar-refractivity contribution in [1.82, 2.24) is 0 Å². The van der Waals surface area contributed by atoms with Gasteiger partial charge in [0.25, 0.3) is 0 Å². The molecular weight excluding hydrogens is 393 g/mol. The summed E-state index contributed by atoms with van der Waals surface area (Å²) in [5.74, 6) is 0. The molecule has 0 fully saturated rings. The van der Waals surface area contributed by atoms with Gasteiger partial charge < -0.3 is 0 Å². The number of halogens is 6. The van der Waals surface area contributed by atoms with Crippen molar-refractivity contribution in [3.05, 3.63) is 32.2 Å². The van der Waals surface area contributed by atoms with Gasteiger partial charge in [0.05, 0.1) is 5.56 Å². The highest BCUT2D eigenvalue weighted by atomic mass is 79.9. The molecule has 0 spiro atoms. The molecule has 0 radical (unpaired) electrons. The SMILES string of the molecule is FC(F)(F)c1ccc(Br)c(Br)c1CBr. The lowest BCUT2D eigenvalue weighted by molar-refractivity contribution is -0.138. The van der Waals surface area contributed by atoms with E-state index in [9.17, 15) is 13.2 Å². The molecule has 0 aliphatic rings. The zero-order valence-corrected chi connectivity index (χ0v) is 11.4. The highest BCUT2D eigenvalue weighted by molar-refractivity contribution is 9.13. The third-order valence-corrected chi connectivity index (χ3v) is 4.29. The molecule has 0 saturated heterocycles. The summed E-state index contributed by atoms with van der Waals surface area (Å²) in [6, 6.07) is 2.44. The second-order valence-corrected chi connectivity index (χ2v) is 4.73. The Morgan fingerprint density at radius 1 is 1.14 bits per heavy atom. The van der Waals surface area contributed by atoms with Crippen LogP contribution in [0.4, 0.5) is 13.2 Å². The van der Waals surface area contributed by atoms with Gasteiger partial charge in [-0.15, -0.1) is 0 Å². The Hall–Kier alpha value is 0.450. The molecule has 0 aliphatic heterocycles. The van der Waals surface area contributed by atoms with Gasteiger partial charge in [-0.25, -0.2) is 0 Å². The van der Waals surface area contributed by atoms with Crippen molar-refractivity contribution >= 4 is 47.8 Å². The van der Waals surface area contributed by atoms with Crippen molar-refractivity contribution in [2.75, 3.05) is 0 Å². The van der Waals surface area contributed by atoms with Gasteiger partial charge in [-0.3, -0.25) is 0 Å². The van der Waals surface area contributed by atoms with Crippen LogP contribution in [0.1, 0.15) is 11.1 Å². The van der Waals surface area contributed by atoms with E-state index in [0.29, 0.717) is 8.95 Å². The fourth-order valence-electron chi connectivity index (χ4n) is 0.989. The van der Waals surface area contributed by atoms with Crippen molar-refractivity contribution in [2.24, 2.45) is 0 Å². The number of benzene rings is 1. The van der Waals surface area contributed by atoms with Crippen LogP contribution in [0.25, 0.3) is 0 Å². The third-order valence-electron chi connectivity index (χ3n) is 1.64. The summed E-state index contributed by atoms with van der Waals surface area (Å²) < 4.78 is 38.5. The molecule has 6 heteroatoms. The highest BCUT2D eigenvalue weighted by Gasteiger charge is 2.34. The standard InChI is InChI=1S/C8H4Br3F3/c9-3-4-5(8(12,13)14)1-2-6(10)7(4)11/h1-2H,3H2. The minimum Gasteiger partial charge on any atom is -0.166 e. The first-order valence-electron chi connectivity index (χ1n) is 3.48. The van der Waals surface area contributed by atoms with Crippen LogP contribution >= 0.6 is 47.8 Å². The van der Waals surface area contributed by atoms with Gasteiger partial charge in [0, 0.05) is 14.3 Å². The van der Waals surface area contributed by atoms with Crippen LogP contribution in [0.3, 0.4) is 0 Å². The molecule has 0 saturated carbocycles. The quantitative estimate of drug-likeness (QED) is 0.578. The molecule has 0 aromatic heterocycles. The van der Waals surface area contributed by atoms with Crippen LogP contribution in [0.5, 0.6) is 0 Å². The molecule has 0 amide bonds. The molecule has 1 aromatic carbocycles. The second kappa shape index (κ2) is 4.53. The number of rotatable bonds is 1. The lowest BCUT2D eigenvalue weighted by Gasteiger charge is -2.13. The summed E-state index contributed by atoms with van der Waals surface area (Å²) in [6.45, 7) is 0. The zero-order valence-electron chi connectivity index (χ0n) is 6.63. The molecule has 1 rings (SSSR count). The third kappa shape index (κ3) is 2.52. The maximum absolute atomic E-state index is 12.5. The normalized spacial score (nSPS) is 11.9. The van der Waals surface area contributed by atoms with E-state index in [2.05, 4.69) is 47.8 Å². The Morgan fingerprint density at radius 2 is 1.71 bits per heavy atom. The van der Waals surface area contributed by atoms with Crippen LogP contribution in [-0.2, 0) is 11.5 Å². The van der Waals surface area contributed by atoms with Crippen molar-refractivity contribution < 1.29 is 13.2 Å². The molecule has 0 unspecified atom stereocenters. The van der Waals surface area contributed by atoms with Gasteiger partial charge in [-0.2, -0.15) is 13.2 Å². The molecule has 0 heterocycles. The number of hydrogen-bond donors (Lipinski definition) is 0. The number of hydrogen-bond acceptors (Lipinski definition) is 0. The van der Waals surface area contributed by atoms with E-state index in [1.165, 1.54) is 6.07 Å². The first-order valence-corrected chi connectivity index (χ1v) is 6.18. The van der Waals surface area contributed by atoms with E-state index in [0.717, 1.165) is 6.07 Å². The fourth-order valence-corrected chi connectivity index (χ4v) is 2.80. The smallest absolute Gasteiger partial charge is 0.166 e. The molecule has 0 aliphatic carbocycles. The van der Waals surface area contributed by atoms with E-state index >= 15 is 0 Å². The second-order valence-electron chi connectivity index (χ2n) is 2.52. The Balaban J connectivity index is 3.39. The maximum atomic E-state index is 12.5. The summed E-state index contributed by atoms with van der Waals surface area (Å²) >= 11 is 9.29. The predicted octanol–water partition coefficient (Wildman–Crippen LogP) is 5.13. The molecule has 1 aromatic rings. The predicted molar refractivity (Wildman–Crippen MR) is 59.5 cm³/mol. The Morgan fingerprint density at radius 3 is 2.14 bits per heavy atom. The first kappa shape index (κ1) is 12.5. The van der Waals surface area contributed by atoms with Gasteiger partial charge >= 0.3 is 6.18 Å². The van der Waals surface area contributed by atoms with Crippen LogP contribution < -0.4 is 0 Å². The molecule has 0 nitrogen and oxygen atoms in total. The van der Waals surface area contributed by atoms with Gasteiger partial charge in [0.1, 0.15) is 0 Å². The van der Waals surface area contributed by atoms with Crippen molar-refractivity contribution in [2.45, 2.75) is 11.5 Å². The minimum absolute atomic E-state index is 0.155. The average Bonchev–Trinajstić information content (AvgIpc) is 2.07. The summed E-state index contributed by atoms with van der Waals surface area (Å²) in [5, 5.41) is 0.155. The Kier molecular flexibility index (Phi) is 4.05. The summed E-state index contributed by atoms with van der Waals surface area (Å²) in [5.41, 5.74) is -0.420. The molecular formula is C8H4Br3F3.